The SMILES string of the molecule is C[C@H](NP(=O)(OC[C@@H]1CC(O)[C@H](n2cnc3c(N)nc(Cl)nc32)O1)Oc1ccccc1)C(=O)OCc1ccccc1. The predicted octanol–water partition coefficient (Wildman–Crippen LogP) is 3.64. The van der Waals surface area contributed by atoms with E-state index in [0.29, 0.717) is 5.52 Å². The molecule has 4 aromatic rings. The van der Waals surface area contributed by atoms with Gasteiger partial charge in [-0.1, -0.05) is 48.5 Å². The van der Waals surface area contributed by atoms with Crippen molar-refractivity contribution in [3.63, 3.8) is 0 Å². The molecule has 1 aliphatic rings. The number of anilines is 1. The number of esters is 1. The lowest BCUT2D eigenvalue weighted by Crippen LogP contribution is -2.35. The number of fused-ring (bicyclic) bond motifs is 1. The van der Waals surface area contributed by atoms with Crippen LogP contribution < -0.4 is 15.3 Å². The molecule has 1 fully saturated rings. The maximum absolute atomic E-state index is 13.8. The summed E-state index contributed by atoms with van der Waals surface area (Å²) in [6, 6.07) is 16.5. The average molecular weight is 603 g/mol. The van der Waals surface area contributed by atoms with Crippen molar-refractivity contribution >= 4 is 42.3 Å². The van der Waals surface area contributed by atoms with E-state index in [9.17, 15) is 14.5 Å². The van der Waals surface area contributed by atoms with Gasteiger partial charge >= 0.3 is 13.7 Å². The largest absolute Gasteiger partial charge is 0.460 e. The molecule has 0 bridgehead atoms. The van der Waals surface area contributed by atoms with Gasteiger partial charge in [0.1, 0.15) is 30.0 Å². The molecule has 41 heavy (non-hydrogen) atoms. The first kappa shape index (κ1) is 28.9. The van der Waals surface area contributed by atoms with Crippen molar-refractivity contribution in [1.29, 1.82) is 0 Å². The zero-order valence-corrected chi connectivity index (χ0v) is 23.5. The Labute approximate surface area is 240 Å². The Balaban J connectivity index is 1.26. The van der Waals surface area contributed by atoms with Crippen LogP contribution in [0.25, 0.3) is 11.2 Å². The molecule has 2 aromatic heterocycles. The number of hydrogen-bond donors (Lipinski definition) is 3. The summed E-state index contributed by atoms with van der Waals surface area (Å²) in [6.45, 7) is 1.31. The Bertz CT molecular complexity index is 1540. The molecule has 0 aliphatic carbocycles. The van der Waals surface area contributed by atoms with E-state index in [1.807, 2.05) is 30.3 Å². The van der Waals surface area contributed by atoms with Crippen LogP contribution >= 0.6 is 19.3 Å². The highest BCUT2D eigenvalue weighted by Gasteiger charge is 2.39. The molecule has 0 radical (unpaired) electrons. The molecule has 5 atom stereocenters. The molecule has 216 valence electrons. The standard InChI is InChI=1S/C26H28ClN6O7P/c1-16(25(35)37-13-17-8-4-2-5-9-17)32-41(36,40-18-10-6-3-7-11-18)38-14-19-12-20(34)24(39-19)33-15-29-21-22(28)30-26(27)31-23(21)33/h2-11,15-16,19-20,24,34H,12-14H2,1H3,(H,32,36)(H2,28,30,31)/t16-,19-,20?,24+,41?/m0/s1. The number of carbonyl (C=O) groups excluding carboxylic acids is 1. The number of nitrogens with two attached hydrogens (primary N) is 1. The van der Waals surface area contributed by atoms with Crippen LogP contribution in [0.5, 0.6) is 5.75 Å². The van der Waals surface area contributed by atoms with Gasteiger partial charge in [-0.2, -0.15) is 15.1 Å². The van der Waals surface area contributed by atoms with Gasteiger partial charge in [-0.25, -0.2) is 9.55 Å². The number of benzene rings is 2. The number of imidazole rings is 1. The number of halogens is 1. The molecule has 15 heteroatoms. The lowest BCUT2D eigenvalue weighted by molar-refractivity contribution is -0.146. The smallest absolute Gasteiger partial charge is 0.459 e. The Morgan fingerprint density at radius 2 is 1.93 bits per heavy atom. The van der Waals surface area contributed by atoms with Crippen LogP contribution in [0.4, 0.5) is 5.82 Å². The van der Waals surface area contributed by atoms with Crippen molar-refractivity contribution in [3.8, 4) is 5.75 Å². The minimum absolute atomic E-state index is 0.0519. The summed E-state index contributed by atoms with van der Waals surface area (Å²) in [6.07, 6.45) is -1.02. The van der Waals surface area contributed by atoms with Gasteiger partial charge in [-0.3, -0.25) is 13.9 Å². The minimum Gasteiger partial charge on any atom is -0.460 e. The summed E-state index contributed by atoms with van der Waals surface area (Å²) in [5, 5.41) is 13.3. The third-order valence-electron chi connectivity index (χ3n) is 6.19. The van der Waals surface area contributed by atoms with E-state index in [0.717, 1.165) is 5.56 Å². The van der Waals surface area contributed by atoms with Gasteiger partial charge in [0.25, 0.3) is 0 Å². The second kappa shape index (κ2) is 12.5. The molecule has 0 spiro atoms. The lowest BCUT2D eigenvalue weighted by Gasteiger charge is -2.24. The number of carbonyl (C=O) groups is 1. The van der Waals surface area contributed by atoms with E-state index in [-0.39, 0.29) is 42.1 Å². The third kappa shape index (κ3) is 7.02. The van der Waals surface area contributed by atoms with E-state index in [4.69, 9.17) is 35.9 Å². The number of aromatic nitrogens is 4. The van der Waals surface area contributed by atoms with E-state index >= 15 is 0 Å². The fourth-order valence-electron chi connectivity index (χ4n) is 4.22. The van der Waals surface area contributed by atoms with Crippen LogP contribution in [0.3, 0.4) is 0 Å². The molecular weight excluding hydrogens is 575 g/mol. The number of hydrogen-bond acceptors (Lipinski definition) is 11. The van der Waals surface area contributed by atoms with Gasteiger partial charge in [-0.15, -0.1) is 0 Å². The topological polar surface area (TPSA) is 173 Å². The molecule has 5 rings (SSSR count). The van der Waals surface area contributed by atoms with Crippen LogP contribution in [0.1, 0.15) is 25.1 Å². The number of rotatable bonds is 11. The number of nitrogens with zero attached hydrogens (tertiary/aromatic N) is 4. The lowest BCUT2D eigenvalue weighted by atomic mass is 10.2. The fraction of sp³-hybridized carbons (Fsp3) is 0.308. The first-order valence-corrected chi connectivity index (χ1v) is 14.6. The average Bonchev–Trinajstić information content (AvgIpc) is 3.54. The number of para-hydroxylation sites is 1. The molecular formula is C26H28ClN6O7P. The van der Waals surface area contributed by atoms with Crippen molar-refractivity contribution < 1.29 is 33.0 Å². The number of nitrogen functional groups attached to an aromatic ring is 1. The van der Waals surface area contributed by atoms with Crippen LogP contribution in [0.15, 0.2) is 67.0 Å². The molecule has 13 nitrogen and oxygen atoms in total. The van der Waals surface area contributed by atoms with Crippen LogP contribution in [-0.4, -0.2) is 55.5 Å². The van der Waals surface area contributed by atoms with Gasteiger partial charge in [-0.05, 0) is 36.2 Å². The third-order valence-corrected chi connectivity index (χ3v) is 8.00. The number of aliphatic hydroxyl groups is 1. The maximum atomic E-state index is 13.8. The van der Waals surface area contributed by atoms with Crippen molar-refractivity contribution in [2.24, 2.45) is 0 Å². The summed E-state index contributed by atoms with van der Waals surface area (Å²) < 4.78 is 38.1. The fourth-order valence-corrected chi connectivity index (χ4v) is 5.91. The zero-order chi connectivity index (χ0) is 29.0. The number of nitrogens with one attached hydrogen (secondary N) is 1. The Morgan fingerprint density at radius 3 is 2.66 bits per heavy atom. The first-order chi connectivity index (χ1) is 19.7. The summed E-state index contributed by atoms with van der Waals surface area (Å²) in [5.74, 6) is -0.293. The van der Waals surface area contributed by atoms with Crippen molar-refractivity contribution in [2.75, 3.05) is 12.3 Å². The molecule has 1 aliphatic heterocycles. The Morgan fingerprint density at radius 1 is 1.22 bits per heavy atom. The first-order valence-electron chi connectivity index (χ1n) is 12.7. The Hall–Kier alpha value is -3.58. The molecule has 0 amide bonds. The summed E-state index contributed by atoms with van der Waals surface area (Å²) in [4.78, 5) is 24.9. The highest BCUT2D eigenvalue weighted by Crippen LogP contribution is 2.46. The molecule has 3 heterocycles. The van der Waals surface area contributed by atoms with Gasteiger partial charge in [0.15, 0.2) is 17.7 Å². The van der Waals surface area contributed by atoms with E-state index in [1.54, 1.807) is 30.3 Å². The summed E-state index contributed by atoms with van der Waals surface area (Å²) in [5.41, 5.74) is 7.28. The minimum atomic E-state index is -4.14. The van der Waals surface area contributed by atoms with E-state index in [1.165, 1.54) is 17.8 Å². The quantitative estimate of drug-likeness (QED) is 0.129. The number of aliphatic hydroxyl groups excluding tert-OH is 1. The number of ether oxygens (including phenoxy) is 2. The van der Waals surface area contributed by atoms with Crippen molar-refractivity contribution in [1.82, 2.24) is 24.6 Å². The molecule has 0 saturated carbocycles. The van der Waals surface area contributed by atoms with Gasteiger partial charge < -0.3 is 24.8 Å². The second-order valence-electron chi connectivity index (χ2n) is 9.30. The van der Waals surface area contributed by atoms with Crippen molar-refractivity contribution in [3.05, 3.63) is 77.8 Å². The normalized spacial score (nSPS) is 20.9. The molecule has 2 unspecified atom stereocenters. The molecule has 4 N–H and O–H groups in total. The van der Waals surface area contributed by atoms with Gasteiger partial charge in [0, 0.05) is 6.42 Å². The molecule has 1 saturated heterocycles. The van der Waals surface area contributed by atoms with E-state index < -0.39 is 38.2 Å². The zero-order valence-electron chi connectivity index (χ0n) is 21.9. The second-order valence-corrected chi connectivity index (χ2v) is 11.3. The van der Waals surface area contributed by atoms with Gasteiger partial charge in [0.2, 0.25) is 5.28 Å². The van der Waals surface area contributed by atoms with Crippen LogP contribution in [0.2, 0.25) is 5.28 Å². The maximum Gasteiger partial charge on any atom is 0.459 e. The summed E-state index contributed by atoms with van der Waals surface area (Å²) >= 11 is 5.95. The van der Waals surface area contributed by atoms with E-state index in [2.05, 4.69) is 20.0 Å². The molecule has 2 aromatic carbocycles. The Kier molecular flexibility index (Phi) is 8.83. The van der Waals surface area contributed by atoms with Crippen molar-refractivity contribution in [2.45, 2.75) is 44.4 Å². The summed E-state index contributed by atoms with van der Waals surface area (Å²) in [7, 11) is -4.14. The monoisotopic (exact) mass is 602 g/mol. The predicted molar refractivity (Wildman–Crippen MR) is 149 cm³/mol. The van der Waals surface area contributed by atoms with Crippen LogP contribution in [0, 0.1) is 0 Å². The van der Waals surface area contributed by atoms with Crippen LogP contribution in [-0.2, 0) is 30.0 Å². The highest BCUT2D eigenvalue weighted by atomic mass is 35.5. The highest BCUT2D eigenvalue weighted by molar-refractivity contribution is 7.52. The van der Waals surface area contributed by atoms with Gasteiger partial charge in [0.05, 0.1) is 19.0 Å².